The molecule has 0 aliphatic rings. The van der Waals surface area contributed by atoms with Crippen LogP contribution in [0, 0.1) is 0 Å². The first-order valence-corrected chi connectivity index (χ1v) is 6.20. The molecule has 0 radical (unpaired) electrons. The summed E-state index contributed by atoms with van der Waals surface area (Å²) < 4.78 is 1.26. The fourth-order valence-corrected chi connectivity index (χ4v) is 2.48. The van der Waals surface area contributed by atoms with Gasteiger partial charge in [0.05, 0.1) is 5.69 Å². The Morgan fingerprint density at radius 2 is 2.06 bits per heavy atom. The number of amides is 1. The van der Waals surface area contributed by atoms with Crippen LogP contribution in [-0.2, 0) is 9.59 Å². The highest BCUT2D eigenvalue weighted by atomic mass is 79.9. The van der Waals surface area contributed by atoms with E-state index in [1.165, 1.54) is 20.2 Å². The molecule has 0 aliphatic heterocycles. The Hall–Kier alpha value is -0.950. The molecule has 1 rings (SSSR count). The van der Waals surface area contributed by atoms with Crippen LogP contribution in [0.5, 0.6) is 0 Å². The molecule has 5 nitrogen and oxygen atoms in total. The second-order valence-electron chi connectivity index (χ2n) is 3.39. The van der Waals surface area contributed by atoms with Gasteiger partial charge in [-0.05, 0) is 37.9 Å². The standard InChI is InChI=1S/C10H10Br2N2O3/c1-5(15)14(2)9(10(16)17)8-7(12)3-6(11)4-13-8/h3-4,9H,1-2H3,(H,16,17). The van der Waals surface area contributed by atoms with Crippen LogP contribution >= 0.6 is 31.9 Å². The minimum atomic E-state index is -1.13. The molecule has 0 aliphatic carbocycles. The van der Waals surface area contributed by atoms with Crippen LogP contribution in [0.25, 0.3) is 0 Å². The van der Waals surface area contributed by atoms with Gasteiger partial charge in [0.2, 0.25) is 5.91 Å². The Morgan fingerprint density at radius 1 is 1.47 bits per heavy atom. The van der Waals surface area contributed by atoms with Crippen molar-refractivity contribution in [1.29, 1.82) is 0 Å². The van der Waals surface area contributed by atoms with Gasteiger partial charge >= 0.3 is 5.97 Å². The van der Waals surface area contributed by atoms with Crippen LogP contribution in [0.15, 0.2) is 21.2 Å². The van der Waals surface area contributed by atoms with E-state index in [1.54, 1.807) is 6.07 Å². The summed E-state index contributed by atoms with van der Waals surface area (Å²) in [5, 5.41) is 9.17. The van der Waals surface area contributed by atoms with Crippen molar-refractivity contribution >= 4 is 43.7 Å². The van der Waals surface area contributed by atoms with Crippen LogP contribution in [0.3, 0.4) is 0 Å². The lowest BCUT2D eigenvalue weighted by Crippen LogP contribution is -2.35. The Bertz CT molecular complexity index is 465. The van der Waals surface area contributed by atoms with E-state index >= 15 is 0 Å². The number of carboxylic acids is 1. The fourth-order valence-electron chi connectivity index (χ4n) is 1.27. The third-order valence-electron chi connectivity index (χ3n) is 2.21. The lowest BCUT2D eigenvalue weighted by atomic mass is 10.1. The molecule has 1 heterocycles. The predicted octanol–water partition coefficient (Wildman–Crippen LogP) is 2.21. The van der Waals surface area contributed by atoms with Crippen LogP contribution in [0.1, 0.15) is 18.7 Å². The normalized spacial score (nSPS) is 12.0. The highest BCUT2D eigenvalue weighted by Crippen LogP contribution is 2.27. The molecule has 1 aromatic heterocycles. The molecule has 0 saturated heterocycles. The van der Waals surface area contributed by atoms with Gasteiger partial charge in [0.15, 0.2) is 6.04 Å². The number of carbonyl (C=O) groups is 2. The van der Waals surface area contributed by atoms with Gasteiger partial charge in [-0.3, -0.25) is 9.78 Å². The van der Waals surface area contributed by atoms with Gasteiger partial charge in [-0.1, -0.05) is 0 Å². The lowest BCUT2D eigenvalue weighted by Gasteiger charge is -2.23. The summed E-state index contributed by atoms with van der Waals surface area (Å²) >= 11 is 6.47. The molecule has 7 heteroatoms. The van der Waals surface area contributed by atoms with E-state index in [0.29, 0.717) is 10.2 Å². The minimum absolute atomic E-state index is 0.290. The number of aromatic nitrogens is 1. The number of rotatable bonds is 3. The van der Waals surface area contributed by atoms with Gasteiger partial charge in [0.25, 0.3) is 0 Å². The number of aliphatic carboxylic acids is 1. The Balaban J connectivity index is 3.23. The van der Waals surface area contributed by atoms with E-state index < -0.39 is 12.0 Å². The van der Waals surface area contributed by atoms with E-state index in [1.807, 2.05) is 0 Å². The van der Waals surface area contributed by atoms with Gasteiger partial charge in [-0.15, -0.1) is 0 Å². The molecule has 0 fully saturated rings. The first kappa shape index (κ1) is 14.1. The molecule has 1 aromatic rings. The molecule has 1 N–H and O–H groups in total. The van der Waals surface area contributed by atoms with Crippen molar-refractivity contribution in [2.45, 2.75) is 13.0 Å². The van der Waals surface area contributed by atoms with Crippen molar-refractivity contribution in [3.05, 3.63) is 26.9 Å². The molecule has 0 bridgehead atoms. The summed E-state index contributed by atoms with van der Waals surface area (Å²) in [6, 6.07) is 0.585. The first-order chi connectivity index (χ1) is 7.84. The summed E-state index contributed by atoms with van der Waals surface area (Å²) in [6.07, 6.45) is 1.49. The molecule has 1 atom stereocenters. The quantitative estimate of drug-likeness (QED) is 0.891. The molecule has 1 amide bonds. The van der Waals surface area contributed by atoms with E-state index in [9.17, 15) is 14.7 Å². The molecule has 0 saturated carbocycles. The van der Waals surface area contributed by atoms with Crippen molar-refractivity contribution in [2.75, 3.05) is 7.05 Å². The average Bonchev–Trinajstić information content (AvgIpc) is 2.20. The van der Waals surface area contributed by atoms with E-state index in [-0.39, 0.29) is 5.91 Å². The van der Waals surface area contributed by atoms with Crippen LogP contribution < -0.4 is 0 Å². The highest BCUT2D eigenvalue weighted by Gasteiger charge is 2.29. The zero-order valence-electron chi connectivity index (χ0n) is 9.15. The van der Waals surface area contributed by atoms with Crippen molar-refractivity contribution in [2.24, 2.45) is 0 Å². The van der Waals surface area contributed by atoms with Crippen molar-refractivity contribution < 1.29 is 14.7 Å². The summed E-state index contributed by atoms with van der Waals surface area (Å²) in [5.41, 5.74) is 0.290. The van der Waals surface area contributed by atoms with Gasteiger partial charge in [-0.2, -0.15) is 0 Å². The average molecular weight is 366 g/mol. The first-order valence-electron chi connectivity index (χ1n) is 4.61. The lowest BCUT2D eigenvalue weighted by molar-refractivity contribution is -0.148. The van der Waals surface area contributed by atoms with Crippen molar-refractivity contribution in [1.82, 2.24) is 9.88 Å². The summed E-state index contributed by atoms with van der Waals surface area (Å²) in [7, 11) is 1.43. The van der Waals surface area contributed by atoms with E-state index in [4.69, 9.17) is 0 Å². The number of nitrogens with zero attached hydrogens (tertiary/aromatic N) is 2. The van der Waals surface area contributed by atoms with Gasteiger partial charge in [-0.25, -0.2) is 4.79 Å². The predicted molar refractivity (Wildman–Crippen MR) is 68.5 cm³/mol. The molecule has 1 unspecified atom stereocenters. The zero-order valence-corrected chi connectivity index (χ0v) is 12.3. The molecular formula is C10H10Br2N2O3. The monoisotopic (exact) mass is 364 g/mol. The second kappa shape index (κ2) is 5.59. The molecule has 0 aromatic carbocycles. The molecule has 17 heavy (non-hydrogen) atoms. The minimum Gasteiger partial charge on any atom is -0.479 e. The Kier molecular flexibility index (Phi) is 4.64. The molecule has 0 spiro atoms. The summed E-state index contributed by atoms with van der Waals surface area (Å²) in [6.45, 7) is 1.31. The molecule has 92 valence electrons. The summed E-state index contributed by atoms with van der Waals surface area (Å²) in [4.78, 5) is 27.6. The number of likely N-dealkylation sites (N-methyl/N-ethyl adjacent to an activating group) is 1. The van der Waals surface area contributed by atoms with Crippen LogP contribution in [0.2, 0.25) is 0 Å². The zero-order chi connectivity index (χ0) is 13.2. The van der Waals surface area contributed by atoms with Gasteiger partial charge in [0, 0.05) is 29.1 Å². The number of carbonyl (C=O) groups excluding carboxylic acids is 1. The van der Waals surface area contributed by atoms with E-state index in [2.05, 4.69) is 36.8 Å². The number of carboxylic acid groups (broad SMARTS) is 1. The van der Waals surface area contributed by atoms with Crippen molar-refractivity contribution in [3.63, 3.8) is 0 Å². The highest BCUT2D eigenvalue weighted by molar-refractivity contribution is 9.11. The third-order valence-corrected chi connectivity index (χ3v) is 3.28. The summed E-state index contributed by atoms with van der Waals surface area (Å²) in [5.74, 6) is -1.47. The van der Waals surface area contributed by atoms with Crippen molar-refractivity contribution in [3.8, 4) is 0 Å². The largest absolute Gasteiger partial charge is 0.479 e. The van der Waals surface area contributed by atoms with Crippen LogP contribution in [-0.4, -0.2) is 33.9 Å². The van der Waals surface area contributed by atoms with Gasteiger partial charge in [0.1, 0.15) is 0 Å². The smallest absolute Gasteiger partial charge is 0.332 e. The van der Waals surface area contributed by atoms with E-state index in [0.717, 1.165) is 9.37 Å². The topological polar surface area (TPSA) is 70.5 Å². The Labute approximate surface area is 115 Å². The molecular weight excluding hydrogens is 356 g/mol. The van der Waals surface area contributed by atoms with Gasteiger partial charge < -0.3 is 10.0 Å². The maximum atomic E-state index is 11.3. The Morgan fingerprint density at radius 3 is 2.47 bits per heavy atom. The van der Waals surface area contributed by atoms with Crippen LogP contribution in [0.4, 0.5) is 0 Å². The SMILES string of the molecule is CC(=O)N(C)C(C(=O)O)c1ncc(Br)cc1Br. The number of hydrogen-bond donors (Lipinski definition) is 1. The maximum Gasteiger partial charge on any atom is 0.332 e. The fraction of sp³-hybridized carbons (Fsp3) is 0.300. The number of hydrogen-bond acceptors (Lipinski definition) is 3. The number of pyridine rings is 1. The second-order valence-corrected chi connectivity index (χ2v) is 5.16. The third kappa shape index (κ3) is 3.26. The number of halogens is 2. The maximum absolute atomic E-state index is 11.3.